The van der Waals surface area contributed by atoms with Crippen molar-refractivity contribution in [2.75, 3.05) is 69.5 Å². The fourth-order valence-corrected chi connectivity index (χ4v) is 9.60. The molecule has 0 radical (unpaired) electrons. The minimum absolute atomic E-state index is 0.0191. The van der Waals surface area contributed by atoms with Crippen LogP contribution < -0.4 is 10.6 Å². The summed E-state index contributed by atoms with van der Waals surface area (Å²) in [6.45, 7) is 7.13. The number of hydrogen-bond donors (Lipinski definition) is 3. The molecule has 5 aliphatic rings. The van der Waals surface area contributed by atoms with Gasteiger partial charge in [0.2, 0.25) is 5.91 Å². The fourth-order valence-electron chi connectivity index (χ4n) is 9.60. The van der Waals surface area contributed by atoms with E-state index in [-0.39, 0.29) is 22.7 Å². The predicted molar refractivity (Wildman–Crippen MR) is 189 cm³/mol. The lowest BCUT2D eigenvalue weighted by molar-refractivity contribution is -0.185. The van der Waals surface area contributed by atoms with E-state index in [1.807, 2.05) is 0 Å². The summed E-state index contributed by atoms with van der Waals surface area (Å²) in [5.74, 6) is -1.49. The zero-order valence-corrected chi connectivity index (χ0v) is 28.1. The second-order valence-corrected chi connectivity index (χ2v) is 15.1. The second kappa shape index (κ2) is 12.8. The molecular formula is C40H47F2N5O2. The number of nitrogens with zero attached hydrogens (tertiary/aromatic N) is 3. The number of likely N-dealkylation sites (tertiary alicyclic amines) is 3. The molecule has 1 unspecified atom stereocenters. The molecule has 1 amide bonds. The lowest BCUT2D eigenvalue weighted by atomic mass is 9.72. The number of β-amino-alcohol motifs (C(OH)–C–C–N with tert-alkyl or cyclic N) is 1. The van der Waals surface area contributed by atoms with Crippen LogP contribution in [-0.2, 0) is 15.6 Å². The standard InChI is InChI=1S/C40H47F2N5O2/c41-31-23-29(24-32(42)25-31)9-10-37(48)46-17-11-30(12-18-46)40(49,47-21-15-39(16-22-47)27-44-36-8-4-2-6-34(36)39)28-45-19-13-38(14-20-45)26-43-35-7-3-1-5-33(35)38/h1-10,23-25,30,43-44,49H,11-22,26-28H2/b10-9+. The average molecular weight is 668 g/mol. The number of carbonyl (C=O) groups excluding carboxylic acids is 1. The Hall–Kier alpha value is -3.79. The first-order valence-electron chi connectivity index (χ1n) is 18.1. The number of benzene rings is 3. The number of amides is 1. The minimum Gasteiger partial charge on any atom is -0.384 e. The van der Waals surface area contributed by atoms with Crippen molar-refractivity contribution in [3.63, 3.8) is 0 Å². The predicted octanol–water partition coefficient (Wildman–Crippen LogP) is 5.82. The van der Waals surface area contributed by atoms with Gasteiger partial charge in [0.15, 0.2) is 0 Å². The summed E-state index contributed by atoms with van der Waals surface area (Å²) in [5, 5.41) is 20.2. The van der Waals surface area contributed by atoms with Gasteiger partial charge in [0.1, 0.15) is 17.4 Å². The Morgan fingerprint density at radius 3 is 1.90 bits per heavy atom. The zero-order valence-electron chi connectivity index (χ0n) is 28.1. The Bertz CT molecular complexity index is 1700. The Kier molecular flexibility index (Phi) is 8.49. The Labute approximate surface area is 288 Å². The number of fused-ring (bicyclic) bond motifs is 4. The van der Waals surface area contributed by atoms with Crippen LogP contribution >= 0.6 is 0 Å². The van der Waals surface area contributed by atoms with Crippen molar-refractivity contribution in [2.24, 2.45) is 5.92 Å². The van der Waals surface area contributed by atoms with Gasteiger partial charge in [-0.1, -0.05) is 36.4 Å². The first-order chi connectivity index (χ1) is 23.8. The number of para-hydroxylation sites is 2. The van der Waals surface area contributed by atoms with Crippen LogP contribution in [0.3, 0.4) is 0 Å². The van der Waals surface area contributed by atoms with Gasteiger partial charge in [-0.05, 0) is 98.6 Å². The topological polar surface area (TPSA) is 71.1 Å². The normalized spacial score (nSPS) is 23.3. The molecule has 5 aliphatic heterocycles. The van der Waals surface area contributed by atoms with Gasteiger partial charge in [-0.25, -0.2) is 8.78 Å². The highest BCUT2D eigenvalue weighted by Gasteiger charge is 2.51. The van der Waals surface area contributed by atoms with Gasteiger partial charge in [-0.3, -0.25) is 14.6 Å². The summed E-state index contributed by atoms with van der Waals surface area (Å²) in [6, 6.07) is 20.6. The number of piperidine rings is 3. The van der Waals surface area contributed by atoms with E-state index in [4.69, 9.17) is 0 Å². The monoisotopic (exact) mass is 667 g/mol. The first-order valence-corrected chi connectivity index (χ1v) is 18.1. The van der Waals surface area contributed by atoms with Gasteiger partial charge < -0.3 is 20.6 Å². The maximum Gasteiger partial charge on any atom is 0.246 e. The van der Waals surface area contributed by atoms with Crippen molar-refractivity contribution in [3.8, 4) is 0 Å². The van der Waals surface area contributed by atoms with Crippen molar-refractivity contribution < 1.29 is 18.7 Å². The van der Waals surface area contributed by atoms with Crippen LogP contribution in [0, 0.1) is 17.6 Å². The molecule has 3 aromatic rings. The third-order valence-electron chi connectivity index (χ3n) is 12.5. The lowest BCUT2D eigenvalue weighted by Crippen LogP contribution is -2.65. The third-order valence-corrected chi connectivity index (χ3v) is 12.5. The fraction of sp³-hybridized carbons (Fsp3) is 0.475. The average Bonchev–Trinajstić information content (AvgIpc) is 3.66. The van der Waals surface area contributed by atoms with Crippen LogP contribution in [0.25, 0.3) is 6.08 Å². The van der Waals surface area contributed by atoms with E-state index >= 15 is 0 Å². The number of anilines is 2. The molecule has 3 saturated heterocycles. The summed E-state index contributed by atoms with van der Waals surface area (Å²) < 4.78 is 27.3. The van der Waals surface area contributed by atoms with Gasteiger partial charge in [-0.2, -0.15) is 0 Å². The smallest absolute Gasteiger partial charge is 0.246 e. The molecule has 0 aromatic heterocycles. The van der Waals surface area contributed by atoms with Gasteiger partial charge >= 0.3 is 0 Å². The summed E-state index contributed by atoms with van der Waals surface area (Å²) in [4.78, 5) is 19.8. The van der Waals surface area contributed by atoms with E-state index in [2.05, 4.69) is 69.0 Å². The van der Waals surface area contributed by atoms with Crippen molar-refractivity contribution in [1.29, 1.82) is 0 Å². The van der Waals surface area contributed by atoms with Crippen molar-refractivity contribution in [1.82, 2.24) is 14.7 Å². The highest BCUT2D eigenvalue weighted by molar-refractivity contribution is 5.91. The van der Waals surface area contributed by atoms with E-state index in [9.17, 15) is 18.7 Å². The molecule has 3 fully saturated rings. The molecule has 0 aliphatic carbocycles. The Balaban J connectivity index is 0.969. The summed E-state index contributed by atoms with van der Waals surface area (Å²) >= 11 is 0. The Morgan fingerprint density at radius 2 is 1.33 bits per heavy atom. The molecule has 0 bridgehead atoms. The van der Waals surface area contributed by atoms with Crippen molar-refractivity contribution in [3.05, 3.63) is 101 Å². The van der Waals surface area contributed by atoms with Gasteiger partial charge in [0.05, 0.1) is 0 Å². The van der Waals surface area contributed by atoms with Crippen molar-refractivity contribution >= 4 is 23.4 Å². The molecule has 3 aromatic carbocycles. The van der Waals surface area contributed by atoms with Crippen LogP contribution in [0.15, 0.2) is 72.8 Å². The highest BCUT2D eigenvalue weighted by Crippen LogP contribution is 2.47. The Morgan fingerprint density at radius 1 is 0.796 bits per heavy atom. The third kappa shape index (κ3) is 6.04. The second-order valence-electron chi connectivity index (χ2n) is 15.1. The first kappa shape index (κ1) is 32.4. The quantitative estimate of drug-likeness (QED) is 0.288. The summed E-state index contributed by atoms with van der Waals surface area (Å²) in [6.07, 6.45) is 8.38. The molecule has 258 valence electrons. The van der Waals surface area contributed by atoms with E-state index in [0.29, 0.717) is 38.0 Å². The van der Waals surface area contributed by atoms with Crippen LogP contribution in [0.1, 0.15) is 55.2 Å². The van der Waals surface area contributed by atoms with E-state index < -0.39 is 17.4 Å². The number of carbonyl (C=O) groups is 1. The van der Waals surface area contributed by atoms with Crippen LogP contribution in [0.2, 0.25) is 0 Å². The maximum absolute atomic E-state index is 13.7. The molecule has 8 rings (SSSR count). The molecule has 0 saturated carbocycles. The van der Waals surface area contributed by atoms with Gasteiger partial charge in [0.25, 0.3) is 0 Å². The molecular weight excluding hydrogens is 620 g/mol. The number of hydrogen-bond acceptors (Lipinski definition) is 6. The molecule has 49 heavy (non-hydrogen) atoms. The number of rotatable bonds is 6. The molecule has 2 spiro atoms. The summed E-state index contributed by atoms with van der Waals surface area (Å²) in [7, 11) is 0. The molecule has 9 heteroatoms. The highest BCUT2D eigenvalue weighted by atomic mass is 19.1. The summed E-state index contributed by atoms with van der Waals surface area (Å²) in [5.41, 5.74) is 4.91. The minimum atomic E-state index is -1.01. The van der Waals surface area contributed by atoms with Crippen LogP contribution in [0.5, 0.6) is 0 Å². The zero-order chi connectivity index (χ0) is 33.6. The van der Waals surface area contributed by atoms with Crippen LogP contribution in [0.4, 0.5) is 20.2 Å². The van der Waals surface area contributed by atoms with E-state index in [0.717, 1.165) is 71.0 Å². The van der Waals surface area contributed by atoms with Crippen LogP contribution in [-0.4, -0.2) is 90.3 Å². The SMILES string of the molecule is O=C(/C=C/c1cc(F)cc(F)c1)N1CCC(C(O)(CN2CCC3(CC2)CNc2ccccc23)N2CCC3(CC2)CNc2ccccc23)CC1. The van der Waals surface area contributed by atoms with E-state index in [1.54, 1.807) is 4.90 Å². The van der Waals surface area contributed by atoms with Gasteiger partial charge in [0, 0.05) is 86.1 Å². The molecule has 5 heterocycles. The largest absolute Gasteiger partial charge is 0.384 e. The van der Waals surface area contributed by atoms with Crippen molar-refractivity contribution in [2.45, 2.75) is 55.1 Å². The molecule has 1 atom stereocenters. The van der Waals surface area contributed by atoms with Gasteiger partial charge in [-0.15, -0.1) is 0 Å². The number of nitrogens with one attached hydrogen (secondary N) is 2. The molecule has 7 nitrogen and oxygen atoms in total. The maximum atomic E-state index is 13.7. The van der Waals surface area contributed by atoms with E-state index in [1.165, 1.54) is 46.8 Å². The number of halogens is 2. The molecule has 3 N–H and O–H groups in total. The lowest BCUT2D eigenvalue weighted by Gasteiger charge is -2.53. The number of aliphatic hydroxyl groups is 1.